The van der Waals surface area contributed by atoms with Crippen molar-refractivity contribution >= 4 is 6.03 Å². The summed E-state index contributed by atoms with van der Waals surface area (Å²) in [5.74, 6) is 1.45. The lowest BCUT2D eigenvalue weighted by Crippen LogP contribution is -2.47. The summed E-state index contributed by atoms with van der Waals surface area (Å²) < 4.78 is 5.32. The van der Waals surface area contributed by atoms with Gasteiger partial charge in [0.05, 0.1) is 6.26 Å². The molecule has 0 aliphatic carbocycles. The molecule has 3 rings (SSSR count). The maximum absolute atomic E-state index is 12.3. The highest BCUT2D eigenvalue weighted by atomic mass is 16.3. The minimum absolute atomic E-state index is 0.0417. The Morgan fingerprint density at radius 3 is 2.96 bits per heavy atom. The molecule has 1 saturated heterocycles. The van der Waals surface area contributed by atoms with Crippen LogP contribution in [0.1, 0.15) is 43.6 Å². The lowest BCUT2D eigenvalue weighted by Gasteiger charge is -2.32. The number of furan rings is 1. The first kappa shape index (κ1) is 15.6. The Kier molecular flexibility index (Phi) is 5.00. The molecule has 2 aromatic heterocycles. The van der Waals surface area contributed by atoms with E-state index in [1.807, 2.05) is 30.0 Å². The number of carbonyl (C=O) groups excluding carboxylic acids is 1. The number of likely N-dealkylation sites (tertiary alicyclic amines) is 1. The van der Waals surface area contributed by atoms with Gasteiger partial charge in [-0.25, -0.2) is 4.79 Å². The standard InChI is InChI=1S/C17H24N4O2/c1-13(4-5-15-3-2-12-23-15)19-17(22)21-10-7-14(8-11-21)16-6-9-18-20-16/h2-3,6,9,12-14H,4-5,7-8,10-11H2,1H3,(H,18,20)(H,19,22). The summed E-state index contributed by atoms with van der Waals surface area (Å²) in [4.78, 5) is 14.2. The molecule has 0 saturated carbocycles. The first-order valence-corrected chi connectivity index (χ1v) is 8.29. The molecule has 0 aromatic carbocycles. The topological polar surface area (TPSA) is 74.2 Å². The van der Waals surface area contributed by atoms with Crippen LogP contribution in [0.2, 0.25) is 0 Å². The number of amides is 2. The molecule has 23 heavy (non-hydrogen) atoms. The molecule has 2 N–H and O–H groups in total. The summed E-state index contributed by atoms with van der Waals surface area (Å²) >= 11 is 0. The van der Waals surface area contributed by atoms with Gasteiger partial charge in [-0.05, 0) is 44.4 Å². The highest BCUT2D eigenvalue weighted by Crippen LogP contribution is 2.26. The van der Waals surface area contributed by atoms with Gasteiger partial charge in [-0.3, -0.25) is 5.10 Å². The summed E-state index contributed by atoms with van der Waals surface area (Å²) in [5.41, 5.74) is 1.18. The van der Waals surface area contributed by atoms with E-state index in [0.29, 0.717) is 5.92 Å². The molecular weight excluding hydrogens is 292 g/mol. The second-order valence-corrected chi connectivity index (χ2v) is 6.24. The van der Waals surface area contributed by atoms with Crippen LogP contribution < -0.4 is 5.32 Å². The van der Waals surface area contributed by atoms with E-state index in [1.54, 1.807) is 12.5 Å². The van der Waals surface area contributed by atoms with Crippen molar-refractivity contribution in [1.82, 2.24) is 20.4 Å². The van der Waals surface area contributed by atoms with Crippen molar-refractivity contribution in [2.45, 2.75) is 44.6 Å². The van der Waals surface area contributed by atoms with Crippen molar-refractivity contribution in [3.63, 3.8) is 0 Å². The van der Waals surface area contributed by atoms with Gasteiger partial charge in [-0.15, -0.1) is 0 Å². The first-order valence-electron chi connectivity index (χ1n) is 8.29. The number of hydrogen-bond donors (Lipinski definition) is 2. The maximum atomic E-state index is 12.3. The second-order valence-electron chi connectivity index (χ2n) is 6.24. The number of carbonyl (C=O) groups is 1. The largest absolute Gasteiger partial charge is 0.469 e. The molecule has 1 aliphatic rings. The molecule has 2 aromatic rings. The van der Waals surface area contributed by atoms with Crippen molar-refractivity contribution in [1.29, 1.82) is 0 Å². The Morgan fingerprint density at radius 1 is 1.48 bits per heavy atom. The molecule has 6 nitrogen and oxygen atoms in total. The smallest absolute Gasteiger partial charge is 0.317 e. The van der Waals surface area contributed by atoms with Crippen LogP contribution in [0.15, 0.2) is 35.1 Å². The summed E-state index contributed by atoms with van der Waals surface area (Å²) in [6.45, 7) is 3.62. The molecular formula is C17H24N4O2. The van der Waals surface area contributed by atoms with E-state index in [9.17, 15) is 4.79 Å². The quantitative estimate of drug-likeness (QED) is 0.890. The van der Waals surface area contributed by atoms with Gasteiger partial charge in [-0.2, -0.15) is 5.10 Å². The van der Waals surface area contributed by atoms with Crippen molar-refractivity contribution in [3.05, 3.63) is 42.1 Å². The first-order chi connectivity index (χ1) is 11.2. The molecule has 124 valence electrons. The highest BCUT2D eigenvalue weighted by molar-refractivity contribution is 5.74. The van der Waals surface area contributed by atoms with Crippen molar-refractivity contribution in [2.24, 2.45) is 0 Å². The number of aromatic nitrogens is 2. The number of aryl methyl sites for hydroxylation is 1. The molecule has 0 radical (unpaired) electrons. The van der Waals surface area contributed by atoms with Crippen LogP contribution in [-0.2, 0) is 6.42 Å². The Hall–Kier alpha value is -2.24. The molecule has 1 unspecified atom stereocenters. The average Bonchev–Trinajstić information content (AvgIpc) is 3.26. The Balaban J connectivity index is 1.40. The minimum atomic E-state index is 0.0417. The van der Waals surface area contributed by atoms with Crippen LogP contribution in [0.25, 0.3) is 0 Å². The number of rotatable bonds is 5. The number of H-pyrrole nitrogens is 1. The fraction of sp³-hybridized carbons (Fsp3) is 0.529. The van der Waals surface area contributed by atoms with Crippen molar-refractivity contribution < 1.29 is 9.21 Å². The predicted molar refractivity (Wildman–Crippen MR) is 87.2 cm³/mol. The van der Waals surface area contributed by atoms with Gasteiger partial charge in [0.25, 0.3) is 0 Å². The van der Waals surface area contributed by atoms with E-state index >= 15 is 0 Å². The Labute approximate surface area is 136 Å². The number of urea groups is 1. The van der Waals surface area contributed by atoms with E-state index in [-0.39, 0.29) is 12.1 Å². The molecule has 1 atom stereocenters. The summed E-state index contributed by atoms with van der Waals surface area (Å²) in [5, 5.41) is 10.1. The SMILES string of the molecule is CC(CCc1ccco1)NC(=O)N1CCC(c2ccn[nH]2)CC1. The number of hydrogen-bond acceptors (Lipinski definition) is 3. The van der Waals surface area contributed by atoms with Crippen LogP contribution in [0.5, 0.6) is 0 Å². The number of piperidine rings is 1. The van der Waals surface area contributed by atoms with E-state index in [2.05, 4.69) is 15.5 Å². The molecule has 3 heterocycles. The third-order valence-electron chi connectivity index (χ3n) is 4.52. The number of aromatic amines is 1. The van der Waals surface area contributed by atoms with Crippen LogP contribution in [0.4, 0.5) is 4.79 Å². The summed E-state index contributed by atoms with van der Waals surface area (Å²) in [6, 6.07) is 6.06. The molecule has 1 aliphatic heterocycles. The lowest BCUT2D eigenvalue weighted by molar-refractivity contribution is 0.177. The van der Waals surface area contributed by atoms with E-state index in [4.69, 9.17) is 4.42 Å². The Morgan fingerprint density at radius 2 is 2.30 bits per heavy atom. The average molecular weight is 316 g/mol. The monoisotopic (exact) mass is 316 g/mol. The second kappa shape index (κ2) is 7.35. The zero-order chi connectivity index (χ0) is 16.1. The minimum Gasteiger partial charge on any atom is -0.469 e. The van der Waals surface area contributed by atoms with Crippen LogP contribution in [-0.4, -0.2) is 40.3 Å². The number of nitrogens with one attached hydrogen (secondary N) is 2. The van der Waals surface area contributed by atoms with Gasteiger partial charge in [0, 0.05) is 43.4 Å². The fourth-order valence-corrected chi connectivity index (χ4v) is 3.08. The van der Waals surface area contributed by atoms with Crippen molar-refractivity contribution in [3.8, 4) is 0 Å². The van der Waals surface area contributed by atoms with E-state index in [0.717, 1.165) is 44.5 Å². The zero-order valence-corrected chi connectivity index (χ0v) is 13.5. The third-order valence-corrected chi connectivity index (χ3v) is 4.52. The van der Waals surface area contributed by atoms with Crippen molar-refractivity contribution in [2.75, 3.05) is 13.1 Å². The van der Waals surface area contributed by atoms with Crippen LogP contribution >= 0.6 is 0 Å². The molecule has 0 spiro atoms. The van der Waals surface area contributed by atoms with Gasteiger partial charge in [0.2, 0.25) is 0 Å². The third kappa shape index (κ3) is 4.15. The van der Waals surface area contributed by atoms with Crippen LogP contribution in [0.3, 0.4) is 0 Å². The van der Waals surface area contributed by atoms with Gasteiger partial charge in [0.1, 0.15) is 5.76 Å². The molecule has 0 bridgehead atoms. The molecule has 2 amide bonds. The van der Waals surface area contributed by atoms with Gasteiger partial charge >= 0.3 is 6.03 Å². The predicted octanol–water partition coefficient (Wildman–Crippen LogP) is 2.91. The molecule has 1 fully saturated rings. The van der Waals surface area contributed by atoms with E-state index < -0.39 is 0 Å². The lowest BCUT2D eigenvalue weighted by atomic mass is 9.94. The highest BCUT2D eigenvalue weighted by Gasteiger charge is 2.25. The van der Waals surface area contributed by atoms with Gasteiger partial charge in [-0.1, -0.05) is 0 Å². The fourth-order valence-electron chi connectivity index (χ4n) is 3.08. The maximum Gasteiger partial charge on any atom is 0.317 e. The van der Waals surface area contributed by atoms with Gasteiger partial charge < -0.3 is 14.6 Å². The number of nitrogens with zero attached hydrogens (tertiary/aromatic N) is 2. The van der Waals surface area contributed by atoms with E-state index in [1.165, 1.54) is 5.69 Å². The Bertz CT molecular complexity index is 586. The van der Waals surface area contributed by atoms with Gasteiger partial charge in [0.15, 0.2) is 0 Å². The normalized spacial score (nSPS) is 17.2. The zero-order valence-electron chi connectivity index (χ0n) is 13.5. The van der Waals surface area contributed by atoms with Crippen LogP contribution in [0, 0.1) is 0 Å². The summed E-state index contributed by atoms with van der Waals surface area (Å²) in [7, 11) is 0. The summed E-state index contributed by atoms with van der Waals surface area (Å²) in [6.07, 6.45) is 7.16. The molecule has 6 heteroatoms.